The van der Waals surface area contributed by atoms with Gasteiger partial charge >= 0.3 is 5.97 Å². The molecule has 0 amide bonds. The Bertz CT molecular complexity index is 838. The number of rotatable bonds is 11. The van der Waals surface area contributed by atoms with Crippen LogP contribution in [0.3, 0.4) is 0 Å². The van der Waals surface area contributed by atoms with Gasteiger partial charge in [0.15, 0.2) is 0 Å². The largest absolute Gasteiger partial charge is 0.493 e. The molecule has 0 saturated heterocycles. The maximum absolute atomic E-state index is 10.8. The summed E-state index contributed by atoms with van der Waals surface area (Å²) in [6.07, 6.45) is 7.50. The standard InChI is InChI=1S/C22H27BrN2O3/c1-4-16(5-2)15-28-20-8-7-19(23)14-18(20)11-13-25-12-10-17(22(25)24-3)6-9-21(26)27/h6-10,12,14,16H,3-5,11,13,15H2,1-2H3,(H,26,27)/b9-6+. The Morgan fingerprint density at radius 1 is 1.36 bits per heavy atom. The van der Waals surface area contributed by atoms with Crippen molar-refractivity contribution in [1.29, 1.82) is 0 Å². The zero-order valence-corrected chi connectivity index (χ0v) is 18.0. The molecule has 0 spiro atoms. The summed E-state index contributed by atoms with van der Waals surface area (Å²) < 4.78 is 9.09. The fourth-order valence-electron chi connectivity index (χ4n) is 2.99. The summed E-state index contributed by atoms with van der Waals surface area (Å²) in [5.74, 6) is 1.13. The Labute approximate surface area is 174 Å². The second-order valence-electron chi connectivity index (χ2n) is 6.61. The van der Waals surface area contributed by atoms with E-state index in [0.717, 1.165) is 53.3 Å². The first-order chi connectivity index (χ1) is 13.5. The van der Waals surface area contributed by atoms with Crippen molar-refractivity contribution in [3.63, 3.8) is 0 Å². The first kappa shape index (κ1) is 22.0. The minimum atomic E-state index is -0.990. The number of carbonyl (C=O) groups is 1. The van der Waals surface area contributed by atoms with Gasteiger partial charge in [0, 0.05) is 28.9 Å². The molecule has 1 aromatic carbocycles. The molecule has 150 valence electrons. The van der Waals surface area contributed by atoms with E-state index in [-0.39, 0.29) is 0 Å². The van der Waals surface area contributed by atoms with Crippen LogP contribution < -0.4 is 4.74 Å². The third-order valence-corrected chi connectivity index (χ3v) is 5.29. The SMILES string of the molecule is C=Nc1c(/C=C/C(=O)O)ccn1CCc1cc(Br)ccc1OCC(CC)CC. The fourth-order valence-corrected chi connectivity index (χ4v) is 3.40. The van der Waals surface area contributed by atoms with Gasteiger partial charge in [-0.1, -0.05) is 42.6 Å². The number of aryl methyl sites for hydroxylation is 2. The van der Waals surface area contributed by atoms with Crippen molar-refractivity contribution in [3.8, 4) is 5.75 Å². The molecule has 0 aliphatic rings. The summed E-state index contributed by atoms with van der Waals surface area (Å²) in [6, 6.07) is 7.92. The molecular weight excluding hydrogens is 420 g/mol. The number of hydrogen-bond donors (Lipinski definition) is 1. The van der Waals surface area contributed by atoms with Crippen molar-refractivity contribution in [1.82, 2.24) is 4.57 Å². The summed E-state index contributed by atoms with van der Waals surface area (Å²) in [7, 11) is 0. The van der Waals surface area contributed by atoms with E-state index in [9.17, 15) is 4.79 Å². The minimum absolute atomic E-state index is 0.557. The number of carboxylic acids is 1. The predicted octanol–water partition coefficient (Wildman–Crippen LogP) is 5.74. The highest BCUT2D eigenvalue weighted by Gasteiger charge is 2.11. The molecule has 0 atom stereocenters. The van der Waals surface area contributed by atoms with Gasteiger partial charge in [0.1, 0.15) is 11.6 Å². The van der Waals surface area contributed by atoms with Gasteiger partial charge in [-0.15, -0.1) is 0 Å². The molecule has 1 aromatic heterocycles. The molecule has 6 heteroatoms. The number of nitrogens with zero attached hydrogens (tertiary/aromatic N) is 2. The van der Waals surface area contributed by atoms with Crippen molar-refractivity contribution < 1.29 is 14.6 Å². The molecule has 0 unspecified atom stereocenters. The third-order valence-electron chi connectivity index (χ3n) is 4.79. The van der Waals surface area contributed by atoms with E-state index in [0.29, 0.717) is 18.3 Å². The summed E-state index contributed by atoms with van der Waals surface area (Å²) in [4.78, 5) is 14.8. The van der Waals surface area contributed by atoms with Gasteiger partial charge in [-0.2, -0.15) is 0 Å². The van der Waals surface area contributed by atoms with Crippen LogP contribution in [-0.2, 0) is 17.8 Å². The maximum atomic E-state index is 10.8. The van der Waals surface area contributed by atoms with E-state index < -0.39 is 5.97 Å². The van der Waals surface area contributed by atoms with Gasteiger partial charge in [-0.25, -0.2) is 9.79 Å². The minimum Gasteiger partial charge on any atom is -0.493 e. The zero-order valence-electron chi connectivity index (χ0n) is 16.4. The molecule has 1 heterocycles. The van der Waals surface area contributed by atoms with E-state index in [4.69, 9.17) is 9.84 Å². The van der Waals surface area contributed by atoms with Crippen molar-refractivity contribution in [2.24, 2.45) is 10.9 Å². The summed E-state index contributed by atoms with van der Waals surface area (Å²) in [5, 5.41) is 8.82. The van der Waals surface area contributed by atoms with Crippen LogP contribution in [0.25, 0.3) is 6.08 Å². The second-order valence-corrected chi connectivity index (χ2v) is 7.53. The first-order valence-corrected chi connectivity index (χ1v) is 10.3. The molecule has 0 aliphatic carbocycles. The molecule has 0 bridgehead atoms. The number of aromatic nitrogens is 1. The smallest absolute Gasteiger partial charge is 0.328 e. The number of ether oxygens (including phenoxy) is 1. The lowest BCUT2D eigenvalue weighted by atomic mass is 10.1. The Morgan fingerprint density at radius 2 is 2.11 bits per heavy atom. The quantitative estimate of drug-likeness (QED) is 0.353. The number of aliphatic carboxylic acids is 1. The van der Waals surface area contributed by atoms with Crippen LogP contribution in [0.1, 0.15) is 37.8 Å². The molecule has 5 nitrogen and oxygen atoms in total. The van der Waals surface area contributed by atoms with E-state index >= 15 is 0 Å². The Kier molecular flexibility index (Phi) is 8.51. The average Bonchev–Trinajstić information content (AvgIpc) is 3.08. The van der Waals surface area contributed by atoms with Crippen LogP contribution in [0.5, 0.6) is 5.75 Å². The highest BCUT2D eigenvalue weighted by molar-refractivity contribution is 9.10. The molecule has 0 fully saturated rings. The average molecular weight is 447 g/mol. The molecule has 28 heavy (non-hydrogen) atoms. The molecule has 0 radical (unpaired) electrons. The van der Waals surface area contributed by atoms with Gasteiger partial charge in [0.05, 0.1) is 6.61 Å². The molecule has 0 aliphatic heterocycles. The lowest BCUT2D eigenvalue weighted by molar-refractivity contribution is -0.131. The van der Waals surface area contributed by atoms with Crippen LogP contribution in [0, 0.1) is 5.92 Å². The zero-order chi connectivity index (χ0) is 20.5. The van der Waals surface area contributed by atoms with Crippen LogP contribution in [0.2, 0.25) is 0 Å². The number of halogens is 1. The number of hydrogen-bond acceptors (Lipinski definition) is 3. The molecule has 2 rings (SSSR count). The van der Waals surface area contributed by atoms with E-state index in [2.05, 4.69) is 47.6 Å². The van der Waals surface area contributed by atoms with Crippen LogP contribution in [0.15, 0.2) is 46.0 Å². The lowest BCUT2D eigenvalue weighted by Crippen LogP contribution is -2.11. The first-order valence-electron chi connectivity index (χ1n) is 9.46. The third kappa shape index (κ3) is 6.09. The fraction of sp³-hybridized carbons (Fsp3) is 0.364. The molecule has 1 N–H and O–H groups in total. The molecule has 2 aromatic rings. The van der Waals surface area contributed by atoms with Gasteiger partial charge < -0.3 is 14.4 Å². The Hall–Kier alpha value is -2.34. The van der Waals surface area contributed by atoms with Crippen LogP contribution in [-0.4, -0.2) is 29.0 Å². The summed E-state index contributed by atoms with van der Waals surface area (Å²) >= 11 is 3.54. The Morgan fingerprint density at radius 3 is 2.75 bits per heavy atom. The van der Waals surface area contributed by atoms with Crippen molar-refractivity contribution in [2.75, 3.05) is 6.61 Å². The Balaban J connectivity index is 2.15. The van der Waals surface area contributed by atoms with Gasteiger partial charge in [0.2, 0.25) is 0 Å². The van der Waals surface area contributed by atoms with E-state index in [1.54, 1.807) is 0 Å². The van der Waals surface area contributed by atoms with Crippen molar-refractivity contribution in [2.45, 2.75) is 39.7 Å². The monoisotopic (exact) mass is 446 g/mol. The topological polar surface area (TPSA) is 63.8 Å². The van der Waals surface area contributed by atoms with E-state index in [1.165, 1.54) is 6.08 Å². The summed E-state index contributed by atoms with van der Waals surface area (Å²) in [5.41, 5.74) is 1.85. The maximum Gasteiger partial charge on any atom is 0.328 e. The molecular formula is C22H27BrN2O3. The predicted molar refractivity (Wildman–Crippen MR) is 118 cm³/mol. The molecule has 0 saturated carbocycles. The van der Waals surface area contributed by atoms with Crippen LogP contribution in [0.4, 0.5) is 5.82 Å². The highest BCUT2D eigenvalue weighted by atomic mass is 79.9. The number of benzene rings is 1. The van der Waals surface area contributed by atoms with Gasteiger partial charge in [-0.05, 0) is 55.0 Å². The van der Waals surface area contributed by atoms with Gasteiger partial charge in [0.25, 0.3) is 0 Å². The number of carboxylic acid groups (broad SMARTS) is 1. The van der Waals surface area contributed by atoms with Crippen LogP contribution >= 0.6 is 15.9 Å². The second kappa shape index (κ2) is 10.9. The van der Waals surface area contributed by atoms with E-state index in [1.807, 2.05) is 29.0 Å². The summed E-state index contributed by atoms with van der Waals surface area (Å²) in [6.45, 7) is 9.40. The lowest BCUT2D eigenvalue weighted by Gasteiger charge is -2.17. The van der Waals surface area contributed by atoms with Gasteiger partial charge in [-0.3, -0.25) is 0 Å². The van der Waals surface area contributed by atoms with Crippen molar-refractivity contribution >= 4 is 40.5 Å². The van der Waals surface area contributed by atoms with Crippen molar-refractivity contribution in [3.05, 3.63) is 52.1 Å². The highest BCUT2D eigenvalue weighted by Crippen LogP contribution is 2.27. The number of aliphatic imine (C=N–C) groups is 1. The normalized spacial score (nSPS) is 11.3.